The fraction of sp³-hybridized carbons (Fsp3) is 0.667. The molecule has 0 amide bonds. The van der Waals surface area contributed by atoms with Gasteiger partial charge in [0.25, 0.3) is 0 Å². The molecular weight excluding hydrogens is 184 g/mol. The number of hydrogen-bond acceptors (Lipinski definition) is 3. The highest BCUT2D eigenvalue weighted by atomic mass is 28.4. The Morgan fingerprint density at radius 1 is 1.38 bits per heavy atom. The van der Waals surface area contributed by atoms with Crippen molar-refractivity contribution < 1.29 is 14.0 Å². The number of carbonyl (C=O) groups is 1. The second kappa shape index (κ2) is 5.19. The Balaban J connectivity index is 3.88. The van der Waals surface area contributed by atoms with Gasteiger partial charge in [-0.25, -0.2) is 4.79 Å². The quantitative estimate of drug-likeness (QED) is 0.304. The van der Waals surface area contributed by atoms with Crippen molar-refractivity contribution in [3.8, 4) is 0 Å². The predicted molar refractivity (Wildman–Crippen MR) is 54.8 cm³/mol. The summed E-state index contributed by atoms with van der Waals surface area (Å²) in [7, 11) is -1.61. The highest BCUT2D eigenvalue weighted by Gasteiger charge is 2.19. The average molecular weight is 202 g/mol. The summed E-state index contributed by atoms with van der Waals surface area (Å²) < 4.78 is 10.5. The third-order valence-corrected chi connectivity index (χ3v) is 2.14. The molecule has 0 bridgehead atoms. The summed E-state index contributed by atoms with van der Waals surface area (Å²) in [5.74, 6) is -0.353. The molecule has 0 N–H and O–H groups in total. The van der Waals surface area contributed by atoms with E-state index in [2.05, 4.69) is 0 Å². The van der Waals surface area contributed by atoms with E-state index in [1.54, 1.807) is 19.9 Å². The smallest absolute Gasteiger partial charge is 0.332 e. The van der Waals surface area contributed by atoms with Gasteiger partial charge in [-0.3, -0.25) is 0 Å². The molecule has 0 aliphatic rings. The van der Waals surface area contributed by atoms with Crippen LogP contribution >= 0.6 is 0 Å². The van der Waals surface area contributed by atoms with Crippen LogP contribution in [-0.4, -0.2) is 20.6 Å². The fourth-order valence-electron chi connectivity index (χ4n) is 0.861. The van der Waals surface area contributed by atoms with E-state index in [9.17, 15) is 4.79 Å². The van der Waals surface area contributed by atoms with Gasteiger partial charge in [-0.05, 0) is 33.5 Å². The van der Waals surface area contributed by atoms with Gasteiger partial charge >= 0.3 is 5.97 Å². The average Bonchev–Trinajstić information content (AvgIpc) is 1.81. The second-order valence-electron chi connectivity index (χ2n) is 3.73. The van der Waals surface area contributed by atoms with Gasteiger partial charge in [0.15, 0.2) is 14.6 Å². The van der Waals surface area contributed by atoms with E-state index in [4.69, 9.17) is 9.16 Å². The van der Waals surface area contributed by atoms with Gasteiger partial charge in [0, 0.05) is 6.08 Å². The summed E-state index contributed by atoms with van der Waals surface area (Å²) in [5.41, 5.74) is 0. The summed E-state index contributed by atoms with van der Waals surface area (Å²) in [6, 6.07) is 0. The molecule has 0 spiro atoms. The highest BCUT2D eigenvalue weighted by molar-refractivity contribution is 6.69. The maximum Gasteiger partial charge on any atom is 0.332 e. The van der Waals surface area contributed by atoms with Crippen LogP contribution in [0.25, 0.3) is 0 Å². The van der Waals surface area contributed by atoms with Gasteiger partial charge in [-0.2, -0.15) is 0 Å². The van der Waals surface area contributed by atoms with Gasteiger partial charge in [0.05, 0.1) is 0 Å². The lowest BCUT2D eigenvalue weighted by Crippen LogP contribution is -2.32. The molecule has 0 aliphatic carbocycles. The van der Waals surface area contributed by atoms with Crippen molar-refractivity contribution in [3.05, 3.63) is 12.2 Å². The first-order valence-electron chi connectivity index (χ1n) is 4.36. The van der Waals surface area contributed by atoms with Gasteiger partial charge in [-0.15, -0.1) is 0 Å². The Hall–Kier alpha value is -0.613. The molecule has 0 heterocycles. The minimum atomic E-state index is -1.61. The van der Waals surface area contributed by atoms with Crippen molar-refractivity contribution in [1.82, 2.24) is 0 Å². The van der Waals surface area contributed by atoms with Crippen LogP contribution in [0, 0.1) is 0 Å². The van der Waals surface area contributed by atoms with Crippen molar-refractivity contribution >= 4 is 14.3 Å². The molecule has 0 fully saturated rings. The zero-order valence-corrected chi connectivity index (χ0v) is 9.96. The molecule has 1 atom stereocenters. The van der Waals surface area contributed by atoms with Crippen molar-refractivity contribution in [2.75, 3.05) is 0 Å². The van der Waals surface area contributed by atoms with Crippen LogP contribution in [0.15, 0.2) is 12.2 Å². The summed E-state index contributed by atoms with van der Waals surface area (Å²) in [6.07, 6.45) is 2.57. The number of hydrogen-bond donors (Lipinski definition) is 0. The number of esters is 1. The third-order valence-electron chi connectivity index (χ3n) is 1.10. The first-order valence-corrected chi connectivity index (χ1v) is 7.77. The number of allylic oxidation sites excluding steroid dienone is 1. The van der Waals surface area contributed by atoms with Crippen LogP contribution in [-0.2, 0) is 14.0 Å². The number of rotatable bonds is 4. The first kappa shape index (κ1) is 12.4. The van der Waals surface area contributed by atoms with E-state index in [0.717, 1.165) is 0 Å². The summed E-state index contributed by atoms with van der Waals surface area (Å²) in [6.45, 7) is 9.65. The molecule has 0 aromatic carbocycles. The minimum Gasteiger partial charge on any atom is -0.434 e. The SMILES string of the molecule is C/C=C/C(=O)OC(C)O[Si](C)(C)C. The highest BCUT2D eigenvalue weighted by Crippen LogP contribution is 2.08. The zero-order valence-electron chi connectivity index (χ0n) is 8.96. The van der Waals surface area contributed by atoms with E-state index in [0.29, 0.717) is 0 Å². The van der Waals surface area contributed by atoms with Crippen molar-refractivity contribution in [3.63, 3.8) is 0 Å². The topological polar surface area (TPSA) is 35.5 Å². The van der Waals surface area contributed by atoms with Gasteiger partial charge in [0.2, 0.25) is 0 Å². The van der Waals surface area contributed by atoms with Crippen molar-refractivity contribution in [2.24, 2.45) is 0 Å². The third kappa shape index (κ3) is 7.74. The van der Waals surface area contributed by atoms with Crippen LogP contribution in [0.5, 0.6) is 0 Å². The molecular formula is C9H18O3Si. The molecule has 0 aliphatic heterocycles. The molecule has 0 saturated carbocycles. The Morgan fingerprint density at radius 3 is 2.31 bits per heavy atom. The van der Waals surface area contributed by atoms with E-state index < -0.39 is 14.6 Å². The van der Waals surface area contributed by atoms with E-state index in [-0.39, 0.29) is 5.97 Å². The first-order chi connectivity index (χ1) is 5.85. The maximum absolute atomic E-state index is 11.0. The molecule has 3 nitrogen and oxygen atoms in total. The standard InChI is InChI=1S/C9H18O3Si/c1-6-7-9(10)11-8(2)12-13(3,4)5/h6-8H,1-5H3/b7-6+. The largest absolute Gasteiger partial charge is 0.434 e. The van der Waals surface area contributed by atoms with Crippen LogP contribution < -0.4 is 0 Å². The molecule has 0 saturated heterocycles. The van der Waals surface area contributed by atoms with Gasteiger partial charge < -0.3 is 9.16 Å². The predicted octanol–water partition coefficient (Wildman–Crippen LogP) is 2.30. The Morgan fingerprint density at radius 2 is 1.92 bits per heavy atom. The molecule has 0 aromatic rings. The maximum atomic E-state index is 11.0. The number of carbonyl (C=O) groups excluding carboxylic acids is 1. The van der Waals surface area contributed by atoms with Crippen LogP contribution in [0.1, 0.15) is 13.8 Å². The molecule has 0 aromatic heterocycles. The van der Waals surface area contributed by atoms with Crippen LogP contribution in [0.4, 0.5) is 0 Å². The molecule has 13 heavy (non-hydrogen) atoms. The Bertz CT molecular complexity index is 194. The Labute approximate surface area is 80.9 Å². The molecule has 0 radical (unpaired) electrons. The number of ether oxygens (including phenoxy) is 1. The summed E-state index contributed by atoms with van der Waals surface area (Å²) in [5, 5.41) is 0. The monoisotopic (exact) mass is 202 g/mol. The van der Waals surface area contributed by atoms with E-state index in [1.165, 1.54) is 6.08 Å². The summed E-state index contributed by atoms with van der Waals surface area (Å²) >= 11 is 0. The van der Waals surface area contributed by atoms with Gasteiger partial charge in [-0.1, -0.05) is 6.08 Å². The summed E-state index contributed by atoms with van der Waals surface area (Å²) in [4.78, 5) is 11.0. The van der Waals surface area contributed by atoms with E-state index >= 15 is 0 Å². The van der Waals surface area contributed by atoms with Crippen molar-refractivity contribution in [1.29, 1.82) is 0 Å². The lowest BCUT2D eigenvalue weighted by molar-refractivity contribution is -0.155. The minimum absolute atomic E-state index is 0.353. The lowest BCUT2D eigenvalue weighted by Gasteiger charge is -2.22. The molecule has 1 unspecified atom stereocenters. The van der Waals surface area contributed by atoms with Crippen molar-refractivity contribution in [2.45, 2.75) is 39.8 Å². The molecule has 4 heteroatoms. The van der Waals surface area contributed by atoms with E-state index in [1.807, 2.05) is 19.6 Å². The van der Waals surface area contributed by atoms with Crippen LogP contribution in [0.2, 0.25) is 19.6 Å². The Kier molecular flexibility index (Phi) is 4.94. The molecule has 76 valence electrons. The van der Waals surface area contributed by atoms with Gasteiger partial charge in [0.1, 0.15) is 0 Å². The fourth-order valence-corrected chi connectivity index (χ4v) is 1.90. The molecule has 0 rings (SSSR count). The second-order valence-corrected chi connectivity index (χ2v) is 8.20. The van der Waals surface area contributed by atoms with Crippen LogP contribution in [0.3, 0.4) is 0 Å². The normalized spacial score (nSPS) is 14.5. The lowest BCUT2D eigenvalue weighted by atomic mass is 10.5. The zero-order chi connectivity index (χ0) is 10.5.